The fourth-order valence-electron chi connectivity index (χ4n) is 1.57. The number of hydrogen-bond donors (Lipinski definition) is 2. The summed E-state index contributed by atoms with van der Waals surface area (Å²) in [4.78, 5) is 21.9. The highest BCUT2D eigenvalue weighted by Gasteiger charge is 2.31. The van der Waals surface area contributed by atoms with E-state index in [-0.39, 0.29) is 13.0 Å². The molecule has 1 amide bonds. The van der Waals surface area contributed by atoms with Crippen LogP contribution in [0.1, 0.15) is 35.2 Å². The lowest BCUT2D eigenvalue weighted by Gasteiger charge is -2.10. The molecule has 0 aliphatic rings. The van der Waals surface area contributed by atoms with Gasteiger partial charge in [-0.2, -0.15) is 13.2 Å². The van der Waals surface area contributed by atoms with Crippen molar-refractivity contribution in [3.05, 3.63) is 35.1 Å². The minimum absolute atomic E-state index is 0.0573. The maximum atomic E-state index is 13.4. The van der Waals surface area contributed by atoms with Gasteiger partial charge in [0.2, 0.25) is 0 Å². The molecule has 8 heteroatoms. The molecule has 116 valence electrons. The van der Waals surface area contributed by atoms with Crippen LogP contribution in [0.5, 0.6) is 0 Å². The largest absolute Gasteiger partial charge is 0.481 e. The summed E-state index contributed by atoms with van der Waals surface area (Å²) in [5.74, 6) is -3.00. The smallest absolute Gasteiger partial charge is 0.416 e. The lowest BCUT2D eigenvalue weighted by atomic mass is 10.1. The van der Waals surface area contributed by atoms with Gasteiger partial charge in [0.05, 0.1) is 11.1 Å². The second-order valence-corrected chi connectivity index (χ2v) is 4.30. The molecular weight excluding hydrogens is 294 g/mol. The summed E-state index contributed by atoms with van der Waals surface area (Å²) in [6.45, 7) is 0.0573. The van der Waals surface area contributed by atoms with E-state index < -0.39 is 35.0 Å². The zero-order valence-electron chi connectivity index (χ0n) is 10.8. The molecule has 4 nitrogen and oxygen atoms in total. The van der Waals surface area contributed by atoms with Crippen LogP contribution in [0.2, 0.25) is 0 Å². The van der Waals surface area contributed by atoms with E-state index >= 15 is 0 Å². The van der Waals surface area contributed by atoms with E-state index in [4.69, 9.17) is 5.11 Å². The lowest BCUT2D eigenvalue weighted by Crippen LogP contribution is -2.26. The molecule has 2 N–H and O–H groups in total. The fourth-order valence-corrected chi connectivity index (χ4v) is 1.57. The average Bonchev–Trinajstić information content (AvgIpc) is 2.36. The van der Waals surface area contributed by atoms with Gasteiger partial charge in [0, 0.05) is 13.0 Å². The molecule has 0 aromatic heterocycles. The average molecular weight is 307 g/mol. The molecule has 0 unspecified atom stereocenters. The first kappa shape index (κ1) is 16.9. The van der Waals surface area contributed by atoms with Crippen molar-refractivity contribution in [1.29, 1.82) is 0 Å². The molecule has 0 atom stereocenters. The van der Waals surface area contributed by atoms with Crippen molar-refractivity contribution in [3.63, 3.8) is 0 Å². The topological polar surface area (TPSA) is 66.4 Å². The number of carbonyl (C=O) groups excluding carboxylic acids is 1. The summed E-state index contributed by atoms with van der Waals surface area (Å²) >= 11 is 0. The van der Waals surface area contributed by atoms with Gasteiger partial charge in [0.15, 0.2) is 0 Å². The predicted molar refractivity (Wildman–Crippen MR) is 65.2 cm³/mol. The third-order valence-corrected chi connectivity index (χ3v) is 2.64. The summed E-state index contributed by atoms with van der Waals surface area (Å²) in [6.07, 6.45) is -4.10. The number of unbranched alkanes of at least 4 members (excludes halogenated alkanes) is 1. The number of alkyl halides is 3. The van der Waals surface area contributed by atoms with Crippen LogP contribution in [-0.2, 0) is 11.0 Å². The monoisotopic (exact) mass is 307 g/mol. The van der Waals surface area contributed by atoms with Crippen molar-refractivity contribution in [2.45, 2.75) is 25.4 Å². The van der Waals surface area contributed by atoms with Crippen LogP contribution in [0, 0.1) is 5.82 Å². The van der Waals surface area contributed by atoms with Gasteiger partial charge in [-0.1, -0.05) is 0 Å². The molecule has 0 bridgehead atoms. The number of benzene rings is 1. The van der Waals surface area contributed by atoms with Crippen LogP contribution in [0.4, 0.5) is 17.6 Å². The second kappa shape index (κ2) is 7.05. The first-order valence-electron chi connectivity index (χ1n) is 6.08. The maximum absolute atomic E-state index is 13.4. The number of aliphatic carboxylic acids is 1. The van der Waals surface area contributed by atoms with Crippen molar-refractivity contribution in [1.82, 2.24) is 5.32 Å². The molecule has 0 saturated carbocycles. The summed E-state index contributed by atoms with van der Waals surface area (Å²) in [6, 6.07) is 1.59. The highest BCUT2D eigenvalue weighted by Crippen LogP contribution is 2.30. The molecule has 0 fully saturated rings. The molecule has 0 aliphatic carbocycles. The molecule has 0 radical (unpaired) electrons. The molecule has 0 aliphatic heterocycles. The summed E-state index contributed by atoms with van der Waals surface area (Å²) < 4.78 is 50.8. The summed E-state index contributed by atoms with van der Waals surface area (Å²) in [5, 5.41) is 10.7. The number of nitrogens with one attached hydrogen (secondary N) is 1. The van der Waals surface area contributed by atoms with E-state index in [1.54, 1.807) is 0 Å². The van der Waals surface area contributed by atoms with Crippen molar-refractivity contribution < 1.29 is 32.3 Å². The molecule has 21 heavy (non-hydrogen) atoms. The van der Waals surface area contributed by atoms with E-state index in [1.807, 2.05) is 0 Å². The molecule has 0 heterocycles. The highest BCUT2D eigenvalue weighted by atomic mass is 19.4. The van der Waals surface area contributed by atoms with E-state index in [0.29, 0.717) is 31.0 Å². The zero-order chi connectivity index (χ0) is 16.0. The molecule has 1 aromatic rings. The number of carboxylic acid groups (broad SMARTS) is 1. The molecule has 1 rings (SSSR count). The van der Waals surface area contributed by atoms with Crippen LogP contribution in [0.15, 0.2) is 18.2 Å². The zero-order valence-corrected chi connectivity index (χ0v) is 10.8. The van der Waals surface area contributed by atoms with E-state index in [2.05, 4.69) is 5.32 Å². The number of carboxylic acids is 1. The normalized spacial score (nSPS) is 11.2. The first-order valence-corrected chi connectivity index (χ1v) is 6.08. The highest BCUT2D eigenvalue weighted by molar-refractivity contribution is 5.94. The minimum Gasteiger partial charge on any atom is -0.481 e. The van der Waals surface area contributed by atoms with Gasteiger partial charge in [0.1, 0.15) is 5.82 Å². The molecular formula is C13H13F4NO3. The van der Waals surface area contributed by atoms with E-state index in [0.717, 1.165) is 0 Å². The Morgan fingerprint density at radius 2 is 1.86 bits per heavy atom. The molecule has 1 aromatic carbocycles. The number of hydrogen-bond acceptors (Lipinski definition) is 2. The number of halogens is 4. The fraction of sp³-hybridized carbons (Fsp3) is 0.385. The Hall–Kier alpha value is -2.12. The quantitative estimate of drug-likeness (QED) is 0.627. The predicted octanol–water partition coefficient (Wildman–Crippen LogP) is 2.83. The van der Waals surface area contributed by atoms with Crippen molar-refractivity contribution >= 4 is 11.9 Å². The number of carbonyl (C=O) groups is 2. The maximum Gasteiger partial charge on any atom is 0.416 e. The van der Waals surface area contributed by atoms with Gasteiger partial charge >= 0.3 is 12.1 Å². The Labute approximate surface area is 117 Å². The lowest BCUT2D eigenvalue weighted by molar-refractivity contribution is -0.138. The summed E-state index contributed by atoms with van der Waals surface area (Å²) in [5.41, 5.74) is -1.80. The van der Waals surface area contributed by atoms with Gasteiger partial charge in [-0.3, -0.25) is 9.59 Å². The van der Waals surface area contributed by atoms with Gasteiger partial charge in [-0.15, -0.1) is 0 Å². The Bertz CT molecular complexity index is 529. The van der Waals surface area contributed by atoms with Crippen LogP contribution < -0.4 is 5.32 Å². The minimum atomic E-state index is -4.66. The van der Waals surface area contributed by atoms with Crippen molar-refractivity contribution in [2.75, 3.05) is 6.54 Å². The Balaban J connectivity index is 2.63. The SMILES string of the molecule is O=C(O)CCCCNC(=O)c1cc(C(F)(F)F)ccc1F. The van der Waals surface area contributed by atoms with E-state index in [1.165, 1.54) is 0 Å². The van der Waals surface area contributed by atoms with Crippen LogP contribution >= 0.6 is 0 Å². The standard InChI is InChI=1S/C13H13F4NO3/c14-10-5-4-8(13(15,16)17)7-9(10)12(21)18-6-2-1-3-11(19)20/h4-5,7H,1-3,6H2,(H,18,21)(H,19,20). The molecule has 0 spiro atoms. The third-order valence-electron chi connectivity index (χ3n) is 2.64. The first-order chi connectivity index (χ1) is 9.71. The van der Waals surface area contributed by atoms with Crippen LogP contribution in [0.3, 0.4) is 0 Å². The van der Waals surface area contributed by atoms with Crippen molar-refractivity contribution in [2.24, 2.45) is 0 Å². The number of rotatable bonds is 6. The van der Waals surface area contributed by atoms with Gasteiger partial charge < -0.3 is 10.4 Å². The Morgan fingerprint density at radius 3 is 2.43 bits per heavy atom. The summed E-state index contributed by atoms with van der Waals surface area (Å²) in [7, 11) is 0. The van der Waals surface area contributed by atoms with Crippen LogP contribution in [0.25, 0.3) is 0 Å². The van der Waals surface area contributed by atoms with Crippen LogP contribution in [-0.4, -0.2) is 23.5 Å². The van der Waals surface area contributed by atoms with E-state index in [9.17, 15) is 27.2 Å². The Morgan fingerprint density at radius 1 is 1.19 bits per heavy atom. The molecule has 0 saturated heterocycles. The van der Waals surface area contributed by atoms with Gasteiger partial charge in [0.25, 0.3) is 5.91 Å². The Kier molecular flexibility index (Phi) is 5.69. The second-order valence-electron chi connectivity index (χ2n) is 4.30. The third kappa shape index (κ3) is 5.41. The van der Waals surface area contributed by atoms with Gasteiger partial charge in [-0.25, -0.2) is 4.39 Å². The number of amides is 1. The van der Waals surface area contributed by atoms with Gasteiger partial charge in [-0.05, 0) is 31.0 Å². The van der Waals surface area contributed by atoms with Crippen molar-refractivity contribution in [3.8, 4) is 0 Å².